The minimum absolute atomic E-state index is 0.165. The minimum atomic E-state index is -1.08. The average Bonchev–Trinajstić information content (AvgIpc) is 2.27. The lowest BCUT2D eigenvalue weighted by atomic mass is 9.81. The van der Waals surface area contributed by atoms with Crippen molar-refractivity contribution in [3.8, 4) is 6.07 Å². The highest BCUT2D eigenvalue weighted by atomic mass is 16.6. The third-order valence-corrected chi connectivity index (χ3v) is 2.80. The summed E-state index contributed by atoms with van der Waals surface area (Å²) >= 11 is 0. The second-order valence-corrected chi connectivity index (χ2v) is 4.68. The predicted molar refractivity (Wildman–Crippen MR) is 65.1 cm³/mol. The van der Waals surface area contributed by atoms with Gasteiger partial charge in [0.25, 0.3) is 0 Å². The molecule has 0 aromatic heterocycles. The van der Waals surface area contributed by atoms with Crippen LogP contribution >= 0.6 is 0 Å². The number of nitriles is 1. The quantitative estimate of drug-likeness (QED) is 0.394. The molecule has 0 amide bonds. The Hall–Kier alpha value is -1.64. The first-order valence-electron chi connectivity index (χ1n) is 6.04. The molecule has 0 N–H and O–H groups in total. The number of carbonyl (C=O) groups excluding carboxylic acids is 1. The van der Waals surface area contributed by atoms with Crippen LogP contribution in [0.1, 0.15) is 34.1 Å². The van der Waals surface area contributed by atoms with E-state index in [0.717, 1.165) is 0 Å². The van der Waals surface area contributed by atoms with Crippen LogP contribution in [-0.2, 0) is 9.53 Å². The molecule has 0 rings (SSSR count). The number of nitro groups is 1. The molecule has 3 unspecified atom stereocenters. The van der Waals surface area contributed by atoms with Gasteiger partial charge in [-0.3, -0.25) is 14.9 Å². The van der Waals surface area contributed by atoms with E-state index < -0.39 is 28.8 Å². The number of hydrogen-bond acceptors (Lipinski definition) is 5. The molecule has 6 nitrogen and oxygen atoms in total. The monoisotopic (exact) mass is 256 g/mol. The summed E-state index contributed by atoms with van der Waals surface area (Å²) in [5, 5.41) is 19.9. The van der Waals surface area contributed by atoms with Gasteiger partial charge >= 0.3 is 5.97 Å². The highest BCUT2D eigenvalue weighted by molar-refractivity contribution is 5.75. The summed E-state index contributed by atoms with van der Waals surface area (Å²) in [5.41, 5.74) is 0. The Labute approximate surface area is 107 Å². The van der Waals surface area contributed by atoms with E-state index in [4.69, 9.17) is 10.00 Å². The molecule has 0 aromatic rings. The van der Waals surface area contributed by atoms with E-state index in [9.17, 15) is 14.9 Å². The molecule has 0 heterocycles. The smallest absolute Gasteiger partial charge is 0.323 e. The largest absolute Gasteiger partial charge is 0.465 e. The van der Waals surface area contributed by atoms with Gasteiger partial charge in [-0.1, -0.05) is 13.8 Å². The zero-order chi connectivity index (χ0) is 14.3. The van der Waals surface area contributed by atoms with Crippen LogP contribution in [0.5, 0.6) is 0 Å². The highest BCUT2D eigenvalue weighted by Gasteiger charge is 2.39. The summed E-state index contributed by atoms with van der Waals surface area (Å²) in [5.74, 6) is -2.20. The van der Waals surface area contributed by atoms with Gasteiger partial charge in [-0.15, -0.1) is 0 Å². The first-order chi connectivity index (χ1) is 8.34. The second-order valence-electron chi connectivity index (χ2n) is 4.68. The summed E-state index contributed by atoms with van der Waals surface area (Å²) < 4.78 is 4.80. The van der Waals surface area contributed by atoms with Crippen molar-refractivity contribution in [2.24, 2.45) is 17.8 Å². The van der Waals surface area contributed by atoms with Crippen molar-refractivity contribution in [2.45, 2.75) is 40.2 Å². The molecule has 0 saturated carbocycles. The average molecular weight is 256 g/mol. The summed E-state index contributed by atoms with van der Waals surface area (Å²) in [6, 6.07) is 0.906. The van der Waals surface area contributed by atoms with Crippen molar-refractivity contribution in [1.29, 1.82) is 5.26 Å². The molecular formula is C12H20N2O4. The Balaban J connectivity index is 5.08. The molecule has 0 radical (unpaired) electrons. The van der Waals surface area contributed by atoms with E-state index in [1.807, 2.05) is 19.9 Å². The number of carbonyl (C=O) groups is 1. The van der Waals surface area contributed by atoms with Crippen LogP contribution in [0.2, 0.25) is 0 Å². The molecule has 0 aliphatic rings. The van der Waals surface area contributed by atoms with Crippen LogP contribution in [0.15, 0.2) is 0 Å². The van der Waals surface area contributed by atoms with Crippen molar-refractivity contribution in [3.05, 3.63) is 10.1 Å². The van der Waals surface area contributed by atoms with Crippen molar-refractivity contribution in [1.82, 2.24) is 0 Å². The summed E-state index contributed by atoms with van der Waals surface area (Å²) in [4.78, 5) is 22.1. The topological polar surface area (TPSA) is 93.2 Å². The van der Waals surface area contributed by atoms with Gasteiger partial charge in [-0.2, -0.15) is 5.26 Å². The molecule has 0 spiro atoms. The second kappa shape index (κ2) is 7.64. The molecule has 0 saturated heterocycles. The maximum atomic E-state index is 11.7. The lowest BCUT2D eigenvalue weighted by Gasteiger charge is -2.23. The van der Waals surface area contributed by atoms with Gasteiger partial charge < -0.3 is 4.74 Å². The molecule has 0 bridgehead atoms. The maximum absolute atomic E-state index is 11.7. The zero-order valence-corrected chi connectivity index (χ0v) is 11.3. The zero-order valence-electron chi connectivity index (χ0n) is 11.3. The van der Waals surface area contributed by atoms with Crippen LogP contribution in [-0.4, -0.2) is 23.5 Å². The van der Waals surface area contributed by atoms with Crippen molar-refractivity contribution in [3.63, 3.8) is 0 Å². The van der Waals surface area contributed by atoms with E-state index >= 15 is 0 Å². The number of rotatable bonds is 7. The molecular weight excluding hydrogens is 236 g/mol. The van der Waals surface area contributed by atoms with Crippen molar-refractivity contribution >= 4 is 5.97 Å². The molecule has 18 heavy (non-hydrogen) atoms. The van der Waals surface area contributed by atoms with Gasteiger partial charge in [0.2, 0.25) is 6.04 Å². The summed E-state index contributed by atoms with van der Waals surface area (Å²) in [7, 11) is 0. The maximum Gasteiger partial charge on any atom is 0.323 e. The standard InChI is InChI=1S/C12H20N2O4/c1-5-18-12(15)11(7-13)10(6-8(2)3)9(4)14(16)17/h8-11H,5-6H2,1-4H3. The Morgan fingerprint density at radius 1 is 1.44 bits per heavy atom. The molecule has 6 heteroatoms. The van der Waals surface area contributed by atoms with Crippen molar-refractivity contribution < 1.29 is 14.5 Å². The normalized spacial score (nSPS) is 15.6. The number of nitrogens with zero attached hydrogens (tertiary/aromatic N) is 2. The summed E-state index contributed by atoms with van der Waals surface area (Å²) in [6.07, 6.45) is 0.444. The molecule has 102 valence electrons. The molecule has 0 aromatic carbocycles. The van der Waals surface area contributed by atoms with Gasteiger partial charge in [0, 0.05) is 11.8 Å². The van der Waals surface area contributed by atoms with Gasteiger partial charge in [0.15, 0.2) is 5.92 Å². The lowest BCUT2D eigenvalue weighted by molar-refractivity contribution is -0.529. The van der Waals surface area contributed by atoms with Crippen LogP contribution in [0.3, 0.4) is 0 Å². The van der Waals surface area contributed by atoms with E-state index in [1.165, 1.54) is 6.92 Å². The fourth-order valence-electron chi connectivity index (χ4n) is 1.87. The Kier molecular flexibility index (Phi) is 6.94. The van der Waals surface area contributed by atoms with E-state index in [-0.39, 0.29) is 12.5 Å². The number of ether oxygens (including phenoxy) is 1. The van der Waals surface area contributed by atoms with E-state index in [2.05, 4.69) is 0 Å². The highest BCUT2D eigenvalue weighted by Crippen LogP contribution is 2.26. The Bertz CT molecular complexity index is 335. The fourth-order valence-corrected chi connectivity index (χ4v) is 1.87. The third-order valence-electron chi connectivity index (χ3n) is 2.80. The molecule has 0 aliphatic carbocycles. The number of esters is 1. The van der Waals surface area contributed by atoms with Crippen LogP contribution < -0.4 is 0 Å². The van der Waals surface area contributed by atoms with Gasteiger partial charge in [-0.05, 0) is 19.3 Å². The Morgan fingerprint density at radius 3 is 2.33 bits per heavy atom. The molecule has 0 aliphatic heterocycles. The molecule has 3 atom stereocenters. The predicted octanol–water partition coefficient (Wildman–Crippen LogP) is 2.02. The van der Waals surface area contributed by atoms with Crippen LogP contribution in [0.25, 0.3) is 0 Å². The fraction of sp³-hybridized carbons (Fsp3) is 0.833. The first kappa shape index (κ1) is 16.4. The third kappa shape index (κ3) is 4.70. The van der Waals surface area contributed by atoms with Crippen LogP contribution in [0, 0.1) is 39.2 Å². The van der Waals surface area contributed by atoms with E-state index in [0.29, 0.717) is 6.42 Å². The lowest BCUT2D eigenvalue weighted by Crippen LogP contribution is -2.36. The van der Waals surface area contributed by atoms with Gasteiger partial charge in [0.1, 0.15) is 0 Å². The SMILES string of the molecule is CCOC(=O)C(C#N)C(CC(C)C)C(C)[N+](=O)[O-]. The summed E-state index contributed by atoms with van der Waals surface area (Å²) in [6.45, 7) is 7.04. The van der Waals surface area contributed by atoms with Gasteiger partial charge in [0.05, 0.1) is 18.6 Å². The number of hydrogen-bond donors (Lipinski definition) is 0. The Morgan fingerprint density at radius 2 is 2.00 bits per heavy atom. The van der Waals surface area contributed by atoms with Crippen molar-refractivity contribution in [2.75, 3.05) is 6.61 Å². The van der Waals surface area contributed by atoms with Crippen LogP contribution in [0.4, 0.5) is 0 Å². The minimum Gasteiger partial charge on any atom is -0.465 e. The van der Waals surface area contributed by atoms with E-state index in [1.54, 1.807) is 6.92 Å². The molecule has 0 fully saturated rings. The first-order valence-corrected chi connectivity index (χ1v) is 6.04. The van der Waals surface area contributed by atoms with Gasteiger partial charge in [-0.25, -0.2) is 0 Å².